The van der Waals surface area contributed by atoms with Crippen LogP contribution in [0.25, 0.3) is 5.69 Å². The number of benzene rings is 2. The maximum Gasteiger partial charge on any atom is 0.257 e. The van der Waals surface area contributed by atoms with Gasteiger partial charge in [0.25, 0.3) is 11.8 Å². The van der Waals surface area contributed by atoms with Crippen LogP contribution in [-0.2, 0) is 6.54 Å². The highest BCUT2D eigenvalue weighted by molar-refractivity contribution is 6.30. The maximum atomic E-state index is 12.6. The van der Waals surface area contributed by atoms with Gasteiger partial charge < -0.3 is 10.6 Å². The van der Waals surface area contributed by atoms with Crippen molar-refractivity contribution in [3.63, 3.8) is 0 Å². The fourth-order valence-electron chi connectivity index (χ4n) is 2.91. The predicted molar refractivity (Wildman–Crippen MR) is 118 cm³/mol. The van der Waals surface area contributed by atoms with E-state index in [1.807, 2.05) is 18.3 Å². The van der Waals surface area contributed by atoms with Gasteiger partial charge in [-0.25, -0.2) is 4.68 Å². The molecular weight excluding hydrogens is 414 g/mol. The van der Waals surface area contributed by atoms with Crippen LogP contribution in [0.3, 0.4) is 0 Å². The average Bonchev–Trinajstić information content (AvgIpc) is 3.28. The normalized spacial score (nSPS) is 10.5. The summed E-state index contributed by atoms with van der Waals surface area (Å²) in [4.78, 5) is 28.8. The third-order valence-electron chi connectivity index (χ3n) is 4.49. The number of carbonyl (C=O) groups excluding carboxylic acids is 2. The molecule has 0 fully saturated rings. The fraction of sp³-hybridized carbons (Fsp3) is 0.0435. The number of rotatable bonds is 6. The number of aromatic nitrogens is 3. The summed E-state index contributed by atoms with van der Waals surface area (Å²) in [6.45, 7) is 0.318. The maximum absolute atomic E-state index is 12.6. The first-order chi connectivity index (χ1) is 15.1. The van der Waals surface area contributed by atoms with E-state index in [1.54, 1.807) is 65.6 Å². The largest absolute Gasteiger partial charge is 0.348 e. The van der Waals surface area contributed by atoms with Gasteiger partial charge in [-0.2, -0.15) is 5.10 Å². The number of carbonyl (C=O) groups is 2. The Labute approximate surface area is 183 Å². The van der Waals surface area contributed by atoms with Crippen LogP contribution >= 0.6 is 11.6 Å². The van der Waals surface area contributed by atoms with E-state index in [9.17, 15) is 9.59 Å². The molecule has 0 radical (unpaired) electrons. The second kappa shape index (κ2) is 9.23. The Morgan fingerprint density at radius 1 is 0.935 bits per heavy atom. The minimum absolute atomic E-state index is 0.253. The van der Waals surface area contributed by atoms with Crippen molar-refractivity contribution in [1.82, 2.24) is 20.1 Å². The zero-order valence-corrected chi connectivity index (χ0v) is 17.1. The SMILES string of the molecule is O=C(NCc1cnn(-c2ccc(Cl)cc2)c1)c1cccc(NC(=O)c2cccnc2)c1. The number of nitrogens with one attached hydrogen (secondary N) is 2. The van der Waals surface area contributed by atoms with Gasteiger partial charge in [0.15, 0.2) is 0 Å². The Morgan fingerprint density at radius 2 is 1.74 bits per heavy atom. The molecule has 0 saturated heterocycles. The summed E-state index contributed by atoms with van der Waals surface area (Å²) in [5, 5.41) is 10.6. The molecule has 0 aliphatic rings. The second-order valence-corrected chi connectivity index (χ2v) is 7.17. The molecule has 2 N–H and O–H groups in total. The van der Waals surface area contributed by atoms with E-state index in [0.29, 0.717) is 28.4 Å². The van der Waals surface area contributed by atoms with Crippen LogP contribution in [0.4, 0.5) is 5.69 Å². The summed E-state index contributed by atoms with van der Waals surface area (Å²) in [6, 6.07) is 17.4. The van der Waals surface area contributed by atoms with Crippen LogP contribution in [0.5, 0.6) is 0 Å². The van der Waals surface area contributed by atoms with E-state index in [1.165, 1.54) is 6.20 Å². The van der Waals surface area contributed by atoms with E-state index >= 15 is 0 Å². The lowest BCUT2D eigenvalue weighted by Gasteiger charge is -2.08. The fourth-order valence-corrected chi connectivity index (χ4v) is 3.04. The standard InChI is InChI=1S/C23H18ClN5O2/c24-19-6-8-21(9-7-19)29-15-16(13-27-29)12-26-22(30)17-3-1-5-20(11-17)28-23(31)18-4-2-10-25-14-18/h1-11,13-15H,12H2,(H,26,30)(H,28,31). The molecule has 0 atom stereocenters. The van der Waals surface area contributed by atoms with E-state index in [2.05, 4.69) is 20.7 Å². The quantitative estimate of drug-likeness (QED) is 0.481. The van der Waals surface area contributed by atoms with Crippen LogP contribution in [-0.4, -0.2) is 26.6 Å². The lowest BCUT2D eigenvalue weighted by Crippen LogP contribution is -2.22. The number of nitrogens with zero attached hydrogens (tertiary/aromatic N) is 3. The number of halogens is 1. The molecule has 154 valence electrons. The molecule has 2 aromatic carbocycles. The van der Waals surface area contributed by atoms with Crippen molar-refractivity contribution in [1.29, 1.82) is 0 Å². The van der Waals surface area contributed by atoms with E-state index in [0.717, 1.165) is 11.3 Å². The molecule has 8 heteroatoms. The van der Waals surface area contributed by atoms with Crippen molar-refractivity contribution in [2.24, 2.45) is 0 Å². The molecular formula is C23H18ClN5O2. The van der Waals surface area contributed by atoms with Gasteiger partial charge >= 0.3 is 0 Å². The zero-order valence-electron chi connectivity index (χ0n) is 16.3. The summed E-state index contributed by atoms with van der Waals surface area (Å²) < 4.78 is 1.71. The van der Waals surface area contributed by atoms with Crippen LogP contribution in [0.15, 0.2) is 85.5 Å². The van der Waals surface area contributed by atoms with Crippen molar-refractivity contribution in [3.05, 3.63) is 107 Å². The number of hydrogen-bond acceptors (Lipinski definition) is 4. The summed E-state index contributed by atoms with van der Waals surface area (Å²) in [7, 11) is 0. The van der Waals surface area contributed by atoms with Crippen LogP contribution in [0.1, 0.15) is 26.3 Å². The molecule has 0 saturated carbocycles. The average molecular weight is 432 g/mol. The molecule has 4 rings (SSSR count). The molecule has 0 aliphatic carbocycles. The van der Waals surface area contributed by atoms with Crippen molar-refractivity contribution < 1.29 is 9.59 Å². The van der Waals surface area contributed by atoms with Gasteiger partial charge in [-0.05, 0) is 54.6 Å². The first-order valence-electron chi connectivity index (χ1n) is 9.47. The highest BCUT2D eigenvalue weighted by Crippen LogP contribution is 2.14. The van der Waals surface area contributed by atoms with Crippen LogP contribution < -0.4 is 10.6 Å². The lowest BCUT2D eigenvalue weighted by atomic mass is 10.1. The Balaban J connectivity index is 1.37. The Bertz CT molecular complexity index is 1210. The number of anilines is 1. The first-order valence-corrected chi connectivity index (χ1v) is 9.85. The first kappa shape index (κ1) is 20.3. The third kappa shape index (κ3) is 5.15. The smallest absolute Gasteiger partial charge is 0.257 e. The predicted octanol–water partition coefficient (Wildman–Crippen LogP) is 4.10. The lowest BCUT2D eigenvalue weighted by molar-refractivity contribution is 0.0949. The summed E-state index contributed by atoms with van der Waals surface area (Å²) in [5.41, 5.74) is 3.13. The van der Waals surface area contributed by atoms with E-state index < -0.39 is 0 Å². The van der Waals surface area contributed by atoms with Gasteiger partial charge in [0, 0.05) is 47.0 Å². The molecule has 0 aliphatic heterocycles. The Kier molecular flexibility index (Phi) is 6.05. The van der Waals surface area contributed by atoms with Crippen molar-refractivity contribution >= 4 is 29.1 Å². The molecule has 31 heavy (non-hydrogen) atoms. The number of amides is 2. The van der Waals surface area contributed by atoms with Gasteiger partial charge in [-0.15, -0.1) is 0 Å². The molecule has 7 nitrogen and oxygen atoms in total. The minimum atomic E-state index is -0.291. The zero-order chi connectivity index (χ0) is 21.6. The molecule has 0 unspecified atom stereocenters. The van der Waals surface area contributed by atoms with Gasteiger partial charge in [0.2, 0.25) is 0 Å². The Morgan fingerprint density at radius 3 is 2.52 bits per heavy atom. The molecule has 2 aromatic heterocycles. The van der Waals surface area contributed by atoms with Gasteiger partial charge in [-0.3, -0.25) is 14.6 Å². The topological polar surface area (TPSA) is 88.9 Å². The highest BCUT2D eigenvalue weighted by atomic mass is 35.5. The monoisotopic (exact) mass is 431 g/mol. The summed E-state index contributed by atoms with van der Waals surface area (Å²) in [6.07, 6.45) is 6.62. The molecule has 2 amide bonds. The van der Waals surface area contributed by atoms with Gasteiger partial charge in [0.05, 0.1) is 17.4 Å². The second-order valence-electron chi connectivity index (χ2n) is 6.73. The number of hydrogen-bond donors (Lipinski definition) is 2. The Hall–Kier alpha value is -3.97. The minimum Gasteiger partial charge on any atom is -0.348 e. The highest BCUT2D eigenvalue weighted by Gasteiger charge is 2.10. The van der Waals surface area contributed by atoms with Gasteiger partial charge in [-0.1, -0.05) is 17.7 Å². The third-order valence-corrected chi connectivity index (χ3v) is 4.74. The molecule has 4 aromatic rings. The van der Waals surface area contributed by atoms with Crippen molar-refractivity contribution in [2.75, 3.05) is 5.32 Å². The van der Waals surface area contributed by atoms with E-state index in [4.69, 9.17) is 11.6 Å². The number of pyridine rings is 1. The van der Waals surface area contributed by atoms with Crippen molar-refractivity contribution in [2.45, 2.75) is 6.54 Å². The molecule has 0 bridgehead atoms. The van der Waals surface area contributed by atoms with Gasteiger partial charge in [0.1, 0.15) is 0 Å². The molecule has 0 spiro atoms. The van der Waals surface area contributed by atoms with Crippen molar-refractivity contribution in [3.8, 4) is 5.69 Å². The summed E-state index contributed by atoms with van der Waals surface area (Å²) >= 11 is 5.91. The summed E-state index contributed by atoms with van der Waals surface area (Å²) in [5.74, 6) is -0.544. The van der Waals surface area contributed by atoms with Crippen LogP contribution in [0.2, 0.25) is 5.02 Å². The molecule has 2 heterocycles. The van der Waals surface area contributed by atoms with E-state index in [-0.39, 0.29) is 11.8 Å². The van der Waals surface area contributed by atoms with Crippen LogP contribution in [0, 0.1) is 0 Å².